The molecule has 2 saturated carbocycles. The maximum absolute atomic E-state index is 11.5. The third-order valence-electron chi connectivity index (χ3n) is 8.72. The van der Waals surface area contributed by atoms with Gasteiger partial charge in [-0.2, -0.15) is 0 Å². The zero-order chi connectivity index (χ0) is 21.9. The van der Waals surface area contributed by atoms with E-state index < -0.39 is 6.10 Å². The summed E-state index contributed by atoms with van der Waals surface area (Å²) in [6.07, 6.45) is 4.89. The highest BCUT2D eigenvalue weighted by molar-refractivity contribution is 6.30. The lowest BCUT2D eigenvalue weighted by molar-refractivity contribution is -0.0258. The van der Waals surface area contributed by atoms with Gasteiger partial charge < -0.3 is 19.8 Å². The number of phenolic OH excluding ortho intramolecular Hbond substituents is 1. The minimum atomic E-state index is -0.431. The van der Waals surface area contributed by atoms with Crippen LogP contribution in [0.5, 0.6) is 11.5 Å². The predicted octanol–water partition coefficient (Wildman–Crippen LogP) is 5.39. The van der Waals surface area contributed by atoms with Gasteiger partial charge in [0.05, 0.1) is 24.9 Å². The number of phenols is 1. The zero-order valence-corrected chi connectivity index (χ0v) is 19.3. The van der Waals surface area contributed by atoms with Gasteiger partial charge in [-0.25, -0.2) is 0 Å². The van der Waals surface area contributed by atoms with Gasteiger partial charge in [-0.15, -0.1) is 0 Å². The normalized spacial score (nSPS) is 33.9. The third kappa shape index (κ3) is 3.22. The Kier molecular flexibility index (Phi) is 5.14. The van der Waals surface area contributed by atoms with E-state index >= 15 is 0 Å². The second-order valence-corrected chi connectivity index (χ2v) is 10.5. The Labute approximate surface area is 189 Å². The average Bonchev–Trinajstić information content (AvgIpc) is 3.05. The Morgan fingerprint density at radius 1 is 1.16 bits per heavy atom. The fourth-order valence-corrected chi connectivity index (χ4v) is 7.17. The summed E-state index contributed by atoms with van der Waals surface area (Å²) in [5, 5.41) is 22.5. The summed E-state index contributed by atoms with van der Waals surface area (Å²) >= 11 is 6.20. The van der Waals surface area contributed by atoms with Crippen molar-refractivity contribution in [3.8, 4) is 11.5 Å². The summed E-state index contributed by atoms with van der Waals surface area (Å²) in [6, 6.07) is 11.7. The molecule has 4 nitrogen and oxygen atoms in total. The van der Waals surface area contributed by atoms with Crippen LogP contribution in [0.15, 0.2) is 36.4 Å². The van der Waals surface area contributed by atoms with Crippen LogP contribution in [0.25, 0.3) is 0 Å². The van der Waals surface area contributed by atoms with Crippen molar-refractivity contribution < 1.29 is 14.9 Å². The molecule has 0 spiro atoms. The van der Waals surface area contributed by atoms with Crippen LogP contribution in [-0.2, 0) is 6.42 Å². The number of aliphatic hydroxyl groups is 1. The standard InChI is InChI=1S/C26H32ClNO3/c1-26-11-10-19-18-8-6-17(31-3)12-15(18)4-7-20(19)21(26)14-23(25(26)30)28(2)22-13-16(27)5-9-24(22)29/h5-6,8-9,12-13,19-21,23,25,29-30H,4,7,10-11,14H2,1-3H3/t19-,20-,21+,23-,25-,26+/m1/s1. The van der Waals surface area contributed by atoms with E-state index in [1.807, 2.05) is 11.9 Å². The number of benzene rings is 2. The van der Waals surface area contributed by atoms with E-state index in [1.165, 1.54) is 11.1 Å². The smallest absolute Gasteiger partial charge is 0.138 e. The molecule has 0 bridgehead atoms. The molecule has 31 heavy (non-hydrogen) atoms. The Balaban J connectivity index is 1.45. The van der Waals surface area contributed by atoms with E-state index in [9.17, 15) is 10.2 Å². The number of rotatable bonds is 3. The largest absolute Gasteiger partial charge is 0.506 e. The lowest BCUT2D eigenvalue weighted by Gasteiger charge is -2.50. The van der Waals surface area contributed by atoms with Crippen LogP contribution in [0.1, 0.15) is 49.7 Å². The SMILES string of the molecule is COc1ccc2c(c1)CC[C@@H]1[C@@H]2CC[C@]2(C)[C@H](O)[C@H](N(C)c3cc(Cl)ccc3O)C[C@@H]12. The predicted molar refractivity (Wildman–Crippen MR) is 124 cm³/mol. The molecule has 0 amide bonds. The van der Waals surface area contributed by atoms with Gasteiger partial charge in [-0.1, -0.05) is 24.6 Å². The lowest BCUT2D eigenvalue weighted by Crippen LogP contribution is -2.47. The number of fused-ring (bicyclic) bond motifs is 5. The highest BCUT2D eigenvalue weighted by Crippen LogP contribution is 2.61. The van der Waals surface area contributed by atoms with E-state index in [0.29, 0.717) is 28.5 Å². The molecule has 6 atom stereocenters. The van der Waals surface area contributed by atoms with Crippen molar-refractivity contribution in [2.24, 2.45) is 17.3 Å². The van der Waals surface area contributed by atoms with Gasteiger partial charge >= 0.3 is 0 Å². The molecule has 0 radical (unpaired) electrons. The van der Waals surface area contributed by atoms with E-state index in [0.717, 1.165) is 37.9 Å². The first-order valence-electron chi connectivity index (χ1n) is 11.4. The first kappa shape index (κ1) is 21.0. The summed E-state index contributed by atoms with van der Waals surface area (Å²) in [7, 11) is 3.70. The number of hydrogen-bond donors (Lipinski definition) is 2. The van der Waals surface area contributed by atoms with Gasteiger partial charge in [-0.05, 0) is 96.7 Å². The van der Waals surface area contributed by atoms with Crippen molar-refractivity contribution in [3.63, 3.8) is 0 Å². The van der Waals surface area contributed by atoms with Crippen LogP contribution in [-0.4, -0.2) is 36.5 Å². The molecule has 3 aliphatic rings. The van der Waals surface area contributed by atoms with Crippen LogP contribution < -0.4 is 9.64 Å². The summed E-state index contributed by atoms with van der Waals surface area (Å²) < 4.78 is 5.45. The molecule has 0 saturated heterocycles. The molecule has 5 heteroatoms. The number of hydrogen-bond acceptors (Lipinski definition) is 4. The van der Waals surface area contributed by atoms with Gasteiger partial charge in [0.15, 0.2) is 0 Å². The maximum atomic E-state index is 11.5. The highest BCUT2D eigenvalue weighted by atomic mass is 35.5. The second-order valence-electron chi connectivity index (χ2n) is 10.0. The fourth-order valence-electron chi connectivity index (χ4n) is 7.00. The fraction of sp³-hybridized carbons (Fsp3) is 0.538. The summed E-state index contributed by atoms with van der Waals surface area (Å²) in [5.41, 5.74) is 3.51. The number of halogens is 1. The van der Waals surface area contributed by atoms with E-state index in [4.69, 9.17) is 16.3 Å². The topological polar surface area (TPSA) is 52.9 Å². The van der Waals surface area contributed by atoms with Crippen LogP contribution >= 0.6 is 11.6 Å². The van der Waals surface area contributed by atoms with Crippen molar-refractivity contribution in [1.29, 1.82) is 0 Å². The molecule has 0 heterocycles. The summed E-state index contributed by atoms with van der Waals surface area (Å²) in [4.78, 5) is 2.05. The molecule has 0 aromatic heterocycles. The van der Waals surface area contributed by atoms with Crippen LogP contribution in [0, 0.1) is 17.3 Å². The van der Waals surface area contributed by atoms with Crippen molar-refractivity contribution in [3.05, 3.63) is 52.5 Å². The minimum absolute atomic E-state index is 0.0321. The molecule has 2 N–H and O–H groups in total. The molecule has 2 aromatic carbocycles. The van der Waals surface area contributed by atoms with E-state index in [-0.39, 0.29) is 17.2 Å². The van der Waals surface area contributed by atoms with Crippen LogP contribution in [0.4, 0.5) is 5.69 Å². The highest BCUT2D eigenvalue weighted by Gasteiger charge is 2.58. The molecular weight excluding hydrogens is 410 g/mol. The molecule has 5 rings (SSSR count). The average molecular weight is 442 g/mol. The molecule has 0 unspecified atom stereocenters. The van der Waals surface area contributed by atoms with Gasteiger partial charge in [0.1, 0.15) is 11.5 Å². The molecule has 0 aliphatic heterocycles. The molecule has 3 aliphatic carbocycles. The monoisotopic (exact) mass is 441 g/mol. The molecule has 2 aromatic rings. The van der Waals surface area contributed by atoms with Crippen LogP contribution in [0.2, 0.25) is 5.02 Å². The number of likely N-dealkylation sites (N-methyl/N-ethyl adjacent to an activating group) is 1. The van der Waals surface area contributed by atoms with E-state index in [1.54, 1.807) is 25.3 Å². The van der Waals surface area contributed by atoms with Gasteiger partial charge in [0, 0.05) is 12.1 Å². The Morgan fingerprint density at radius 2 is 1.97 bits per heavy atom. The Hall–Kier alpha value is -1.91. The van der Waals surface area contributed by atoms with Crippen molar-refractivity contribution in [2.75, 3.05) is 19.1 Å². The summed E-state index contributed by atoms with van der Waals surface area (Å²) in [6.45, 7) is 2.29. The minimum Gasteiger partial charge on any atom is -0.506 e. The first-order valence-corrected chi connectivity index (χ1v) is 11.8. The van der Waals surface area contributed by atoms with Gasteiger partial charge in [-0.3, -0.25) is 0 Å². The Morgan fingerprint density at radius 3 is 2.74 bits per heavy atom. The number of nitrogens with zero attached hydrogens (tertiary/aromatic N) is 1. The molecule has 166 valence electrons. The van der Waals surface area contributed by atoms with Crippen molar-refractivity contribution >= 4 is 17.3 Å². The number of aryl methyl sites for hydroxylation is 1. The third-order valence-corrected chi connectivity index (χ3v) is 8.96. The van der Waals surface area contributed by atoms with Gasteiger partial charge in [0.2, 0.25) is 0 Å². The van der Waals surface area contributed by atoms with E-state index in [2.05, 4.69) is 25.1 Å². The quantitative estimate of drug-likeness (QED) is 0.670. The number of aliphatic hydroxyl groups excluding tert-OH is 1. The van der Waals surface area contributed by atoms with Gasteiger partial charge in [0.25, 0.3) is 0 Å². The first-order chi connectivity index (χ1) is 14.8. The zero-order valence-electron chi connectivity index (χ0n) is 18.5. The molecule has 2 fully saturated rings. The number of anilines is 1. The number of ether oxygens (including phenoxy) is 1. The summed E-state index contributed by atoms with van der Waals surface area (Å²) in [5.74, 6) is 2.75. The lowest BCUT2D eigenvalue weighted by atomic mass is 9.55. The number of methoxy groups -OCH3 is 1. The van der Waals surface area contributed by atoms with Crippen molar-refractivity contribution in [2.45, 2.75) is 57.1 Å². The maximum Gasteiger partial charge on any atom is 0.138 e. The Bertz CT molecular complexity index is 995. The van der Waals surface area contributed by atoms with Crippen LogP contribution in [0.3, 0.4) is 0 Å². The second kappa shape index (κ2) is 7.60. The van der Waals surface area contributed by atoms with Crippen molar-refractivity contribution in [1.82, 2.24) is 0 Å². The molecular formula is C26H32ClNO3. The number of aromatic hydroxyl groups is 1.